The van der Waals surface area contributed by atoms with Crippen molar-refractivity contribution in [3.05, 3.63) is 29.7 Å². The van der Waals surface area contributed by atoms with Gasteiger partial charge in [-0.2, -0.15) is 0 Å². The van der Waals surface area contributed by atoms with Crippen LogP contribution in [0.15, 0.2) is 16.7 Å². The van der Waals surface area contributed by atoms with Crippen molar-refractivity contribution in [2.24, 2.45) is 0 Å². The molecule has 0 amide bonds. The van der Waals surface area contributed by atoms with E-state index in [1.54, 1.807) is 6.20 Å². The Morgan fingerprint density at radius 2 is 2.21 bits per heavy atom. The lowest BCUT2D eigenvalue weighted by atomic mass is 10.4. The summed E-state index contributed by atoms with van der Waals surface area (Å²) in [6.45, 7) is 3.03. The smallest absolute Gasteiger partial charge is 0.315 e. The molecule has 0 spiro atoms. The van der Waals surface area contributed by atoms with Gasteiger partial charge in [-0.15, -0.1) is 5.10 Å². The third-order valence-electron chi connectivity index (χ3n) is 2.84. The highest BCUT2D eigenvalue weighted by molar-refractivity contribution is 5.19. The fourth-order valence-electron chi connectivity index (χ4n) is 1.69. The predicted molar refractivity (Wildman–Crippen MR) is 68.3 cm³/mol. The quantitative estimate of drug-likeness (QED) is 0.801. The van der Waals surface area contributed by atoms with E-state index < -0.39 is 0 Å². The van der Waals surface area contributed by atoms with E-state index in [2.05, 4.69) is 30.8 Å². The van der Waals surface area contributed by atoms with Gasteiger partial charge in [-0.05, 0) is 25.8 Å². The van der Waals surface area contributed by atoms with Gasteiger partial charge < -0.3 is 15.1 Å². The summed E-state index contributed by atoms with van der Waals surface area (Å²) in [5.41, 5.74) is 0.892. The number of anilines is 1. The molecule has 7 heteroatoms. The first-order chi connectivity index (χ1) is 9.29. The summed E-state index contributed by atoms with van der Waals surface area (Å²) in [7, 11) is 0. The fourth-order valence-corrected chi connectivity index (χ4v) is 1.69. The molecule has 0 radical (unpaired) electrons. The van der Waals surface area contributed by atoms with Crippen molar-refractivity contribution < 1.29 is 4.42 Å². The van der Waals surface area contributed by atoms with Gasteiger partial charge in [0.2, 0.25) is 5.89 Å². The second kappa shape index (κ2) is 5.31. The number of rotatable bonds is 6. The average molecular weight is 260 g/mol. The molecule has 1 saturated carbocycles. The molecule has 2 aromatic rings. The molecule has 2 heterocycles. The SMILES string of the molecule is Cc1nccc(CNc2nnc(CNC3CC3)o2)n1. The van der Waals surface area contributed by atoms with Crippen molar-refractivity contribution in [3.8, 4) is 0 Å². The maximum absolute atomic E-state index is 5.47. The van der Waals surface area contributed by atoms with E-state index in [0.29, 0.717) is 31.0 Å². The van der Waals surface area contributed by atoms with Crippen LogP contribution in [0.25, 0.3) is 0 Å². The summed E-state index contributed by atoms with van der Waals surface area (Å²) < 4.78 is 5.47. The Balaban J connectivity index is 1.51. The Hall–Kier alpha value is -2.02. The number of hydrogen-bond acceptors (Lipinski definition) is 7. The standard InChI is InChI=1S/C12H16N6O/c1-8-13-5-4-10(16-8)6-15-12-18-17-11(19-12)7-14-9-2-3-9/h4-5,9,14H,2-3,6-7H2,1H3,(H,15,18). The van der Waals surface area contributed by atoms with Crippen molar-refractivity contribution in [3.63, 3.8) is 0 Å². The van der Waals surface area contributed by atoms with Crippen molar-refractivity contribution in [2.45, 2.75) is 38.9 Å². The van der Waals surface area contributed by atoms with Crippen molar-refractivity contribution >= 4 is 6.01 Å². The van der Waals surface area contributed by atoms with Gasteiger partial charge in [-0.3, -0.25) is 0 Å². The number of nitrogens with one attached hydrogen (secondary N) is 2. The number of nitrogens with zero attached hydrogens (tertiary/aromatic N) is 4. The minimum Gasteiger partial charge on any atom is -0.407 e. The lowest BCUT2D eigenvalue weighted by Gasteiger charge is -2.01. The third-order valence-corrected chi connectivity index (χ3v) is 2.84. The van der Waals surface area contributed by atoms with Gasteiger partial charge in [0.1, 0.15) is 5.82 Å². The van der Waals surface area contributed by atoms with Crippen molar-refractivity contribution in [1.82, 2.24) is 25.5 Å². The zero-order valence-electron chi connectivity index (χ0n) is 10.8. The van der Waals surface area contributed by atoms with E-state index >= 15 is 0 Å². The van der Waals surface area contributed by atoms with Crippen LogP contribution >= 0.6 is 0 Å². The largest absolute Gasteiger partial charge is 0.407 e. The van der Waals surface area contributed by atoms with Crippen LogP contribution in [0.1, 0.15) is 30.3 Å². The highest BCUT2D eigenvalue weighted by Gasteiger charge is 2.21. The van der Waals surface area contributed by atoms with Gasteiger partial charge in [0.15, 0.2) is 0 Å². The Morgan fingerprint density at radius 1 is 1.32 bits per heavy atom. The zero-order chi connectivity index (χ0) is 13.1. The van der Waals surface area contributed by atoms with Crippen LogP contribution in [0.5, 0.6) is 0 Å². The molecule has 1 fully saturated rings. The molecule has 0 atom stereocenters. The van der Waals surface area contributed by atoms with Crippen LogP contribution in [-0.4, -0.2) is 26.2 Å². The molecule has 0 aromatic carbocycles. The molecule has 1 aliphatic carbocycles. The van der Waals surface area contributed by atoms with E-state index in [-0.39, 0.29) is 0 Å². The topological polar surface area (TPSA) is 88.8 Å². The van der Waals surface area contributed by atoms with Crippen LogP contribution < -0.4 is 10.6 Å². The summed E-state index contributed by atoms with van der Waals surface area (Å²) in [5.74, 6) is 1.35. The van der Waals surface area contributed by atoms with Gasteiger partial charge in [0.25, 0.3) is 0 Å². The van der Waals surface area contributed by atoms with E-state index in [9.17, 15) is 0 Å². The highest BCUT2D eigenvalue weighted by Crippen LogP contribution is 2.19. The number of aryl methyl sites for hydroxylation is 1. The minimum absolute atomic E-state index is 0.420. The monoisotopic (exact) mass is 260 g/mol. The van der Waals surface area contributed by atoms with E-state index in [4.69, 9.17) is 4.42 Å². The molecule has 100 valence electrons. The molecule has 0 unspecified atom stereocenters. The molecular weight excluding hydrogens is 244 g/mol. The maximum Gasteiger partial charge on any atom is 0.315 e. The zero-order valence-corrected chi connectivity index (χ0v) is 10.8. The molecule has 0 saturated heterocycles. The summed E-state index contributed by atoms with van der Waals surface area (Å²) in [6, 6.07) is 2.91. The molecule has 19 heavy (non-hydrogen) atoms. The van der Waals surface area contributed by atoms with Crippen molar-refractivity contribution in [1.29, 1.82) is 0 Å². The summed E-state index contributed by atoms with van der Waals surface area (Å²) in [5, 5.41) is 14.3. The molecule has 2 N–H and O–H groups in total. The first-order valence-corrected chi connectivity index (χ1v) is 6.38. The van der Waals surface area contributed by atoms with E-state index in [0.717, 1.165) is 11.5 Å². The number of hydrogen-bond donors (Lipinski definition) is 2. The molecule has 0 bridgehead atoms. The lowest BCUT2D eigenvalue weighted by molar-refractivity contribution is 0.475. The van der Waals surface area contributed by atoms with Crippen LogP contribution in [0.4, 0.5) is 6.01 Å². The number of aromatic nitrogens is 4. The normalized spacial score (nSPS) is 14.6. The Labute approximate surface area is 110 Å². The molecule has 0 aliphatic heterocycles. The Kier molecular flexibility index (Phi) is 3.37. The lowest BCUT2D eigenvalue weighted by Crippen LogP contribution is -2.15. The van der Waals surface area contributed by atoms with Crippen LogP contribution in [0.3, 0.4) is 0 Å². The molecule has 2 aromatic heterocycles. The predicted octanol–water partition coefficient (Wildman–Crippen LogP) is 1.03. The maximum atomic E-state index is 5.47. The Bertz CT molecular complexity index is 551. The molecular formula is C12H16N6O. The van der Waals surface area contributed by atoms with E-state index in [1.165, 1.54) is 12.8 Å². The third kappa shape index (κ3) is 3.47. The summed E-state index contributed by atoms with van der Waals surface area (Å²) in [4.78, 5) is 8.33. The summed E-state index contributed by atoms with van der Waals surface area (Å²) >= 11 is 0. The van der Waals surface area contributed by atoms with Gasteiger partial charge in [-0.25, -0.2) is 9.97 Å². The highest BCUT2D eigenvalue weighted by atomic mass is 16.4. The molecule has 1 aliphatic rings. The molecule has 3 rings (SSSR count). The minimum atomic E-state index is 0.420. The Morgan fingerprint density at radius 3 is 3.00 bits per heavy atom. The van der Waals surface area contributed by atoms with Gasteiger partial charge in [-0.1, -0.05) is 5.10 Å². The van der Waals surface area contributed by atoms with Gasteiger partial charge in [0.05, 0.1) is 18.8 Å². The first-order valence-electron chi connectivity index (χ1n) is 6.38. The van der Waals surface area contributed by atoms with Crippen LogP contribution in [0, 0.1) is 6.92 Å². The fraction of sp³-hybridized carbons (Fsp3) is 0.500. The molecule has 7 nitrogen and oxygen atoms in total. The first kappa shape index (κ1) is 12.0. The van der Waals surface area contributed by atoms with E-state index in [1.807, 2.05) is 13.0 Å². The van der Waals surface area contributed by atoms with Gasteiger partial charge in [0, 0.05) is 12.2 Å². The summed E-state index contributed by atoms with van der Waals surface area (Å²) in [6.07, 6.45) is 4.22. The van der Waals surface area contributed by atoms with Crippen molar-refractivity contribution in [2.75, 3.05) is 5.32 Å². The second-order valence-electron chi connectivity index (χ2n) is 4.60. The second-order valence-corrected chi connectivity index (χ2v) is 4.60. The average Bonchev–Trinajstić information content (AvgIpc) is 3.13. The van der Waals surface area contributed by atoms with Gasteiger partial charge >= 0.3 is 6.01 Å². The van der Waals surface area contributed by atoms with Crippen LogP contribution in [0.2, 0.25) is 0 Å². The van der Waals surface area contributed by atoms with Crippen LogP contribution in [-0.2, 0) is 13.1 Å².